The van der Waals surface area contributed by atoms with Gasteiger partial charge in [0.25, 0.3) is 0 Å². The molecular formula is C24H26N4O2. The number of hydrogen-bond donors (Lipinski definition) is 4. The van der Waals surface area contributed by atoms with Crippen LogP contribution in [0.25, 0.3) is 0 Å². The van der Waals surface area contributed by atoms with Crippen molar-refractivity contribution in [1.82, 2.24) is 10.6 Å². The van der Waals surface area contributed by atoms with Crippen LogP contribution in [-0.4, -0.2) is 11.8 Å². The zero-order chi connectivity index (χ0) is 21.3. The zero-order valence-corrected chi connectivity index (χ0v) is 16.6. The van der Waals surface area contributed by atoms with Crippen LogP contribution in [0.5, 0.6) is 0 Å². The van der Waals surface area contributed by atoms with Crippen molar-refractivity contribution in [3.63, 3.8) is 0 Å². The Morgan fingerprint density at radius 1 is 0.600 bits per heavy atom. The van der Waals surface area contributed by atoms with E-state index in [1.165, 1.54) is 0 Å². The van der Waals surface area contributed by atoms with Crippen molar-refractivity contribution >= 4 is 11.8 Å². The molecule has 0 spiro atoms. The second kappa shape index (κ2) is 10.3. The fourth-order valence-electron chi connectivity index (χ4n) is 3.00. The molecule has 3 aromatic carbocycles. The number of rotatable bonds is 8. The number of nitrogens with one attached hydrogen (secondary N) is 2. The third-order valence-corrected chi connectivity index (χ3v) is 4.84. The van der Waals surface area contributed by atoms with Crippen molar-refractivity contribution in [3.05, 3.63) is 107 Å². The lowest BCUT2D eigenvalue weighted by molar-refractivity contribution is -0.123. The highest BCUT2D eigenvalue weighted by Crippen LogP contribution is 2.12. The average molecular weight is 402 g/mol. The van der Waals surface area contributed by atoms with Crippen molar-refractivity contribution in [2.45, 2.75) is 25.2 Å². The molecule has 2 atom stereocenters. The molecule has 0 saturated heterocycles. The first kappa shape index (κ1) is 21.2. The van der Waals surface area contributed by atoms with Gasteiger partial charge in [-0.1, -0.05) is 84.9 Å². The summed E-state index contributed by atoms with van der Waals surface area (Å²) in [5, 5.41) is 5.70. The van der Waals surface area contributed by atoms with Crippen LogP contribution in [-0.2, 0) is 22.7 Å². The maximum atomic E-state index is 12.2. The number of benzene rings is 3. The Kier molecular flexibility index (Phi) is 7.32. The highest BCUT2D eigenvalue weighted by Gasteiger charge is 2.16. The van der Waals surface area contributed by atoms with Crippen LogP contribution in [0.2, 0.25) is 0 Å². The van der Waals surface area contributed by atoms with Crippen molar-refractivity contribution in [1.29, 1.82) is 0 Å². The molecule has 2 amide bonds. The van der Waals surface area contributed by atoms with Gasteiger partial charge in [-0.25, -0.2) is 0 Å². The van der Waals surface area contributed by atoms with Gasteiger partial charge in [0.15, 0.2) is 0 Å². The summed E-state index contributed by atoms with van der Waals surface area (Å²) in [6, 6.07) is 24.7. The minimum atomic E-state index is -0.700. The third kappa shape index (κ3) is 5.76. The molecule has 0 aliphatic rings. The van der Waals surface area contributed by atoms with Gasteiger partial charge in [0.1, 0.15) is 12.1 Å². The van der Waals surface area contributed by atoms with E-state index >= 15 is 0 Å². The van der Waals surface area contributed by atoms with Crippen molar-refractivity contribution < 1.29 is 9.59 Å². The van der Waals surface area contributed by atoms with Gasteiger partial charge < -0.3 is 22.1 Å². The smallest absolute Gasteiger partial charge is 0.241 e. The Morgan fingerprint density at radius 2 is 0.933 bits per heavy atom. The maximum absolute atomic E-state index is 12.2. The molecule has 6 heteroatoms. The Bertz CT molecular complexity index is 879. The molecule has 0 aliphatic heterocycles. The van der Waals surface area contributed by atoms with Gasteiger partial charge in [-0.05, 0) is 22.3 Å². The van der Waals surface area contributed by atoms with Crippen LogP contribution >= 0.6 is 0 Å². The Hall–Kier alpha value is -3.48. The second-order valence-corrected chi connectivity index (χ2v) is 7.03. The van der Waals surface area contributed by atoms with Gasteiger partial charge in [0, 0.05) is 13.1 Å². The van der Waals surface area contributed by atoms with Gasteiger partial charge in [0.2, 0.25) is 11.8 Å². The molecule has 0 heterocycles. The molecule has 0 saturated carbocycles. The normalized spacial score (nSPS) is 12.6. The lowest BCUT2D eigenvalue weighted by Gasteiger charge is -2.14. The van der Waals surface area contributed by atoms with E-state index in [2.05, 4.69) is 10.6 Å². The van der Waals surface area contributed by atoms with Gasteiger partial charge in [-0.3, -0.25) is 9.59 Å². The molecule has 6 N–H and O–H groups in total. The molecular weight excluding hydrogens is 376 g/mol. The molecule has 3 aromatic rings. The quantitative estimate of drug-likeness (QED) is 0.463. The Morgan fingerprint density at radius 3 is 1.27 bits per heavy atom. The molecule has 154 valence electrons. The van der Waals surface area contributed by atoms with Crippen LogP contribution < -0.4 is 22.1 Å². The topological polar surface area (TPSA) is 110 Å². The summed E-state index contributed by atoms with van der Waals surface area (Å²) >= 11 is 0. The van der Waals surface area contributed by atoms with Gasteiger partial charge in [0.05, 0.1) is 0 Å². The van der Waals surface area contributed by atoms with E-state index in [-0.39, 0.29) is 11.8 Å². The summed E-state index contributed by atoms with van der Waals surface area (Å²) in [5.41, 5.74) is 15.4. The first-order valence-corrected chi connectivity index (χ1v) is 9.79. The van der Waals surface area contributed by atoms with Crippen LogP contribution in [0, 0.1) is 0 Å². The summed E-state index contributed by atoms with van der Waals surface area (Å²) in [7, 11) is 0. The first-order valence-electron chi connectivity index (χ1n) is 9.79. The fraction of sp³-hybridized carbons (Fsp3) is 0.167. The molecule has 0 fully saturated rings. The summed E-state index contributed by atoms with van der Waals surface area (Å²) in [6.45, 7) is 0.760. The van der Waals surface area contributed by atoms with Crippen LogP contribution in [0.15, 0.2) is 84.9 Å². The van der Waals surface area contributed by atoms with E-state index in [0.717, 1.165) is 22.3 Å². The largest absolute Gasteiger partial charge is 0.350 e. The monoisotopic (exact) mass is 402 g/mol. The molecule has 3 rings (SSSR count). The standard InChI is InChI=1S/C24H26N4O2/c25-21(19-7-3-1-4-8-19)23(29)27-15-17-11-13-18(14-12-17)16-28-24(30)22(26)20-9-5-2-6-10-20/h1-14,21-22H,15-16,25-26H2,(H,27,29)(H,28,30)/t21-,22-/m0/s1. The SMILES string of the molecule is N[C@H](C(=O)NCc1ccc(CNC(=O)[C@@H](N)c2ccccc2)cc1)c1ccccc1. The predicted molar refractivity (Wildman–Crippen MR) is 117 cm³/mol. The van der Waals surface area contributed by atoms with E-state index in [9.17, 15) is 9.59 Å². The van der Waals surface area contributed by atoms with E-state index in [1.807, 2.05) is 84.9 Å². The van der Waals surface area contributed by atoms with Gasteiger partial charge in [-0.15, -0.1) is 0 Å². The fourth-order valence-corrected chi connectivity index (χ4v) is 3.00. The summed E-state index contributed by atoms with van der Waals surface area (Å²) in [4.78, 5) is 24.5. The zero-order valence-electron chi connectivity index (χ0n) is 16.6. The maximum Gasteiger partial charge on any atom is 0.241 e. The van der Waals surface area contributed by atoms with Crippen LogP contribution in [0.1, 0.15) is 34.3 Å². The van der Waals surface area contributed by atoms with Gasteiger partial charge >= 0.3 is 0 Å². The highest BCUT2D eigenvalue weighted by molar-refractivity contribution is 5.83. The molecule has 0 radical (unpaired) electrons. The van der Waals surface area contributed by atoms with Crippen LogP contribution in [0.4, 0.5) is 0 Å². The minimum absolute atomic E-state index is 0.229. The van der Waals surface area contributed by atoms with Crippen molar-refractivity contribution in [2.75, 3.05) is 0 Å². The predicted octanol–water partition coefficient (Wildman–Crippen LogP) is 2.32. The molecule has 6 nitrogen and oxygen atoms in total. The Balaban J connectivity index is 1.47. The van der Waals surface area contributed by atoms with E-state index in [1.54, 1.807) is 0 Å². The third-order valence-electron chi connectivity index (χ3n) is 4.84. The number of nitrogens with two attached hydrogens (primary N) is 2. The molecule has 0 bridgehead atoms. The first-order chi connectivity index (χ1) is 14.5. The average Bonchev–Trinajstić information content (AvgIpc) is 2.81. The molecule has 0 aromatic heterocycles. The van der Waals surface area contributed by atoms with E-state index in [0.29, 0.717) is 13.1 Å². The number of carbonyl (C=O) groups is 2. The molecule has 0 aliphatic carbocycles. The molecule has 30 heavy (non-hydrogen) atoms. The van der Waals surface area contributed by atoms with Crippen molar-refractivity contribution in [2.24, 2.45) is 11.5 Å². The minimum Gasteiger partial charge on any atom is -0.350 e. The number of amides is 2. The number of hydrogen-bond acceptors (Lipinski definition) is 4. The van der Waals surface area contributed by atoms with E-state index in [4.69, 9.17) is 11.5 Å². The summed E-state index contributed by atoms with van der Waals surface area (Å²) in [6.07, 6.45) is 0. The highest BCUT2D eigenvalue weighted by atomic mass is 16.2. The van der Waals surface area contributed by atoms with Crippen LogP contribution in [0.3, 0.4) is 0 Å². The molecule has 0 unspecified atom stereocenters. The summed E-state index contributed by atoms with van der Waals surface area (Å²) in [5.74, 6) is -0.458. The summed E-state index contributed by atoms with van der Waals surface area (Å²) < 4.78 is 0. The number of carbonyl (C=O) groups excluding carboxylic acids is 2. The second-order valence-electron chi connectivity index (χ2n) is 7.03. The van der Waals surface area contributed by atoms with E-state index < -0.39 is 12.1 Å². The lowest BCUT2D eigenvalue weighted by Crippen LogP contribution is -2.34. The van der Waals surface area contributed by atoms with Gasteiger partial charge in [-0.2, -0.15) is 0 Å². The van der Waals surface area contributed by atoms with Crippen molar-refractivity contribution in [3.8, 4) is 0 Å². The Labute approximate surface area is 176 Å². The lowest BCUT2D eigenvalue weighted by atomic mass is 10.1.